The van der Waals surface area contributed by atoms with Crippen molar-refractivity contribution >= 4 is 28.1 Å². The number of hydrogen-bond acceptors (Lipinski definition) is 6. The Morgan fingerprint density at radius 2 is 1.88 bits per heavy atom. The highest BCUT2D eigenvalue weighted by molar-refractivity contribution is 7.15. The third kappa shape index (κ3) is 3.88. The lowest BCUT2D eigenvalue weighted by Gasteiger charge is -2.38. The number of carbonyl (C=O) groups excluding carboxylic acids is 1. The highest BCUT2D eigenvalue weighted by Gasteiger charge is 2.26. The average molecular weight is 349 g/mol. The van der Waals surface area contributed by atoms with Crippen molar-refractivity contribution in [2.24, 2.45) is 0 Å². The van der Waals surface area contributed by atoms with Crippen LogP contribution in [0.1, 0.15) is 11.9 Å². The topological polar surface area (TPSA) is 61.4 Å². The molecule has 6 nitrogen and oxygen atoms in total. The number of anilines is 2. The largest absolute Gasteiger partial charge is 0.369 e. The SMILES string of the molecule is Cc1nnc(NC(=O)[C@H](C)N2CCN(c3ccc(F)cc3)CC2)s1. The number of carbonyl (C=O) groups is 1. The van der Waals surface area contributed by atoms with Gasteiger partial charge in [-0.2, -0.15) is 0 Å². The van der Waals surface area contributed by atoms with Crippen molar-refractivity contribution in [2.45, 2.75) is 19.9 Å². The summed E-state index contributed by atoms with van der Waals surface area (Å²) in [6.45, 7) is 6.92. The second-order valence-corrected chi connectivity index (χ2v) is 6.97. The van der Waals surface area contributed by atoms with Crippen molar-refractivity contribution < 1.29 is 9.18 Å². The van der Waals surface area contributed by atoms with Crippen LogP contribution >= 0.6 is 11.3 Å². The molecule has 0 radical (unpaired) electrons. The van der Waals surface area contributed by atoms with Crippen molar-refractivity contribution in [1.29, 1.82) is 0 Å². The average Bonchev–Trinajstić information content (AvgIpc) is 3.00. The highest BCUT2D eigenvalue weighted by Crippen LogP contribution is 2.19. The molecule has 1 saturated heterocycles. The van der Waals surface area contributed by atoms with Gasteiger partial charge in [-0.1, -0.05) is 11.3 Å². The summed E-state index contributed by atoms with van der Waals surface area (Å²) in [4.78, 5) is 16.7. The fourth-order valence-corrected chi connectivity index (χ4v) is 3.34. The number of aromatic nitrogens is 2. The first kappa shape index (κ1) is 16.8. The van der Waals surface area contributed by atoms with Gasteiger partial charge in [0.15, 0.2) is 0 Å². The molecule has 2 aromatic rings. The Labute approximate surface area is 144 Å². The van der Waals surface area contributed by atoms with Crippen molar-refractivity contribution in [2.75, 3.05) is 36.4 Å². The summed E-state index contributed by atoms with van der Waals surface area (Å²) in [6, 6.07) is 6.30. The zero-order valence-electron chi connectivity index (χ0n) is 13.7. The molecule has 8 heteroatoms. The van der Waals surface area contributed by atoms with E-state index < -0.39 is 0 Å². The summed E-state index contributed by atoms with van der Waals surface area (Å²) in [5, 5.41) is 12.0. The van der Waals surface area contributed by atoms with E-state index in [1.807, 2.05) is 13.8 Å². The van der Waals surface area contributed by atoms with E-state index in [4.69, 9.17) is 0 Å². The molecule has 24 heavy (non-hydrogen) atoms. The van der Waals surface area contributed by atoms with Gasteiger partial charge < -0.3 is 4.90 Å². The Bertz CT molecular complexity index is 697. The van der Waals surface area contributed by atoms with Gasteiger partial charge in [-0.05, 0) is 38.1 Å². The Hall–Kier alpha value is -2.06. The van der Waals surface area contributed by atoms with Crippen LogP contribution in [0, 0.1) is 12.7 Å². The highest BCUT2D eigenvalue weighted by atomic mass is 32.1. The standard InChI is InChI=1S/C16H20FN5OS/c1-11(15(23)18-16-20-19-12(2)24-16)21-7-9-22(10-8-21)14-5-3-13(17)4-6-14/h3-6,11H,7-10H2,1-2H3,(H,18,20,23)/t11-/m0/s1. The lowest BCUT2D eigenvalue weighted by atomic mass is 10.2. The van der Waals surface area contributed by atoms with Gasteiger partial charge in [0, 0.05) is 31.9 Å². The van der Waals surface area contributed by atoms with Gasteiger partial charge in [-0.15, -0.1) is 10.2 Å². The van der Waals surface area contributed by atoms with Crippen LogP contribution < -0.4 is 10.2 Å². The fraction of sp³-hybridized carbons (Fsp3) is 0.438. The zero-order chi connectivity index (χ0) is 17.1. The minimum absolute atomic E-state index is 0.0682. The summed E-state index contributed by atoms with van der Waals surface area (Å²) in [5.41, 5.74) is 1.01. The molecule has 1 amide bonds. The maximum absolute atomic E-state index is 13.0. The molecule has 1 aliphatic rings. The van der Waals surface area contributed by atoms with E-state index in [1.165, 1.54) is 23.5 Å². The van der Waals surface area contributed by atoms with Gasteiger partial charge >= 0.3 is 0 Å². The van der Waals surface area contributed by atoms with Crippen LogP contribution in [-0.4, -0.2) is 53.2 Å². The van der Waals surface area contributed by atoms with E-state index >= 15 is 0 Å². The van der Waals surface area contributed by atoms with Crippen LogP contribution in [0.5, 0.6) is 0 Å². The minimum atomic E-state index is -0.232. The molecule has 1 fully saturated rings. The molecule has 128 valence electrons. The summed E-state index contributed by atoms with van der Waals surface area (Å²) in [5.74, 6) is -0.295. The number of halogens is 1. The van der Waals surface area contributed by atoms with Crippen molar-refractivity contribution in [1.82, 2.24) is 15.1 Å². The lowest BCUT2D eigenvalue weighted by Crippen LogP contribution is -2.52. The molecular weight excluding hydrogens is 329 g/mol. The molecule has 0 unspecified atom stereocenters. The van der Waals surface area contributed by atoms with Gasteiger partial charge in [-0.3, -0.25) is 15.0 Å². The predicted octanol–water partition coefficient (Wildman–Crippen LogP) is 2.13. The number of rotatable bonds is 4. The first-order valence-electron chi connectivity index (χ1n) is 7.88. The van der Waals surface area contributed by atoms with Crippen LogP contribution in [0.3, 0.4) is 0 Å². The molecule has 0 saturated carbocycles. The molecule has 1 atom stereocenters. The summed E-state index contributed by atoms with van der Waals surface area (Å²) in [7, 11) is 0. The van der Waals surface area contributed by atoms with Gasteiger partial charge in [0.05, 0.1) is 6.04 Å². The fourth-order valence-electron chi connectivity index (χ4n) is 2.74. The molecule has 0 aliphatic carbocycles. The Morgan fingerprint density at radius 3 is 2.46 bits per heavy atom. The number of nitrogens with zero attached hydrogens (tertiary/aromatic N) is 4. The van der Waals surface area contributed by atoms with Gasteiger partial charge in [0.25, 0.3) is 0 Å². The molecular formula is C16H20FN5OS. The van der Waals surface area contributed by atoms with Crippen molar-refractivity contribution in [3.8, 4) is 0 Å². The summed E-state index contributed by atoms with van der Waals surface area (Å²) >= 11 is 1.37. The Balaban J connectivity index is 1.53. The zero-order valence-corrected chi connectivity index (χ0v) is 14.5. The van der Waals surface area contributed by atoms with E-state index in [0.717, 1.165) is 36.9 Å². The third-order valence-electron chi connectivity index (χ3n) is 4.19. The quantitative estimate of drug-likeness (QED) is 0.916. The van der Waals surface area contributed by atoms with E-state index in [-0.39, 0.29) is 17.8 Å². The normalized spacial score (nSPS) is 16.9. The summed E-state index contributed by atoms with van der Waals surface area (Å²) in [6.07, 6.45) is 0. The minimum Gasteiger partial charge on any atom is -0.369 e. The first-order chi connectivity index (χ1) is 11.5. The predicted molar refractivity (Wildman–Crippen MR) is 92.9 cm³/mol. The second kappa shape index (κ2) is 7.23. The van der Waals surface area contributed by atoms with Gasteiger partial charge in [0.2, 0.25) is 11.0 Å². The third-order valence-corrected chi connectivity index (χ3v) is 4.94. The van der Waals surface area contributed by atoms with Crippen LogP contribution in [0.2, 0.25) is 0 Å². The number of nitrogens with one attached hydrogen (secondary N) is 1. The number of aryl methyl sites for hydroxylation is 1. The number of amides is 1. The number of hydrogen-bond donors (Lipinski definition) is 1. The second-order valence-electron chi connectivity index (χ2n) is 5.79. The maximum Gasteiger partial charge on any atom is 0.243 e. The molecule has 1 N–H and O–H groups in total. The lowest BCUT2D eigenvalue weighted by molar-refractivity contribution is -0.120. The van der Waals surface area contributed by atoms with E-state index in [1.54, 1.807) is 12.1 Å². The van der Waals surface area contributed by atoms with Gasteiger partial charge in [0.1, 0.15) is 10.8 Å². The van der Waals surface area contributed by atoms with E-state index in [0.29, 0.717) is 5.13 Å². The first-order valence-corrected chi connectivity index (χ1v) is 8.70. The van der Waals surface area contributed by atoms with Crippen LogP contribution in [0.15, 0.2) is 24.3 Å². The number of piperazine rings is 1. The number of benzene rings is 1. The summed E-state index contributed by atoms with van der Waals surface area (Å²) < 4.78 is 13.0. The molecule has 2 heterocycles. The van der Waals surface area contributed by atoms with Crippen molar-refractivity contribution in [3.05, 3.63) is 35.1 Å². The van der Waals surface area contributed by atoms with Crippen LogP contribution in [0.25, 0.3) is 0 Å². The monoisotopic (exact) mass is 349 g/mol. The molecule has 0 spiro atoms. The van der Waals surface area contributed by atoms with Crippen LogP contribution in [0.4, 0.5) is 15.2 Å². The molecule has 0 bridgehead atoms. The Kier molecular flexibility index (Phi) is 5.06. The molecule has 1 aliphatic heterocycles. The van der Waals surface area contributed by atoms with Crippen LogP contribution in [-0.2, 0) is 4.79 Å². The van der Waals surface area contributed by atoms with Gasteiger partial charge in [-0.25, -0.2) is 4.39 Å². The van der Waals surface area contributed by atoms with E-state index in [9.17, 15) is 9.18 Å². The maximum atomic E-state index is 13.0. The Morgan fingerprint density at radius 1 is 1.21 bits per heavy atom. The molecule has 3 rings (SSSR count). The molecule has 1 aromatic carbocycles. The van der Waals surface area contributed by atoms with E-state index in [2.05, 4.69) is 25.3 Å². The smallest absolute Gasteiger partial charge is 0.243 e. The molecule has 1 aromatic heterocycles. The van der Waals surface area contributed by atoms with Crippen molar-refractivity contribution in [3.63, 3.8) is 0 Å².